The Kier molecular flexibility index (Phi) is 2.88. The Hall–Kier alpha value is -0.200. The number of thioether (sulfide) groups is 1. The second-order valence-electron chi connectivity index (χ2n) is 2.10. The smallest absolute Gasteiger partial charge is 0.0635 e. The maximum absolute atomic E-state index is 8.17. The minimum Gasteiger partial charge on any atom is -0.311 e. The summed E-state index contributed by atoms with van der Waals surface area (Å²) >= 11 is 1.96. The lowest BCUT2D eigenvalue weighted by Gasteiger charge is -2.25. The number of nitrogens with zero attached hydrogens (tertiary/aromatic N) is 1. The summed E-state index contributed by atoms with van der Waals surface area (Å²) in [6.07, 6.45) is 0.640. The molecular formula is C6H10N2S. The molecule has 0 aromatic rings. The summed E-state index contributed by atoms with van der Waals surface area (Å²) < 4.78 is 0. The third-order valence-electron chi connectivity index (χ3n) is 1.31. The van der Waals surface area contributed by atoms with Crippen molar-refractivity contribution in [1.29, 1.82) is 5.26 Å². The number of nitriles is 1. The maximum atomic E-state index is 8.17. The summed E-state index contributed by atoms with van der Waals surface area (Å²) in [6.45, 7) is 0.863. The number of hydrogen-bond acceptors (Lipinski definition) is 3. The summed E-state index contributed by atoms with van der Waals surface area (Å²) in [4.78, 5) is 0. The molecule has 0 aromatic heterocycles. The Balaban J connectivity index is 1.87. The molecule has 9 heavy (non-hydrogen) atoms. The van der Waals surface area contributed by atoms with Gasteiger partial charge in [0.15, 0.2) is 0 Å². The van der Waals surface area contributed by atoms with Crippen molar-refractivity contribution in [2.45, 2.75) is 12.5 Å². The van der Waals surface area contributed by atoms with Crippen LogP contribution in [-0.2, 0) is 0 Å². The van der Waals surface area contributed by atoms with Crippen LogP contribution in [0.1, 0.15) is 6.42 Å². The molecule has 0 amide bonds. The Labute approximate surface area is 59.6 Å². The van der Waals surface area contributed by atoms with Crippen molar-refractivity contribution in [2.24, 2.45) is 0 Å². The fourth-order valence-electron chi connectivity index (χ4n) is 0.686. The van der Waals surface area contributed by atoms with Gasteiger partial charge in [0.25, 0.3) is 0 Å². The largest absolute Gasteiger partial charge is 0.311 e. The summed E-state index contributed by atoms with van der Waals surface area (Å²) in [5.41, 5.74) is 0. The van der Waals surface area contributed by atoms with Gasteiger partial charge in [0, 0.05) is 30.5 Å². The molecule has 1 aliphatic rings. The number of rotatable bonds is 3. The zero-order valence-corrected chi connectivity index (χ0v) is 6.08. The fourth-order valence-corrected chi connectivity index (χ4v) is 1.39. The van der Waals surface area contributed by atoms with Crippen LogP contribution < -0.4 is 5.32 Å². The molecule has 3 heteroatoms. The van der Waals surface area contributed by atoms with Gasteiger partial charge in [0.1, 0.15) is 0 Å². The summed E-state index contributed by atoms with van der Waals surface area (Å²) in [6, 6.07) is 2.80. The van der Waals surface area contributed by atoms with Crippen LogP contribution in [0.3, 0.4) is 0 Å². The lowest BCUT2D eigenvalue weighted by molar-refractivity contribution is 0.591. The van der Waals surface area contributed by atoms with E-state index in [1.54, 1.807) is 0 Å². The van der Waals surface area contributed by atoms with Crippen LogP contribution in [0.4, 0.5) is 0 Å². The van der Waals surface area contributed by atoms with E-state index in [1.807, 2.05) is 11.8 Å². The Morgan fingerprint density at radius 2 is 2.44 bits per heavy atom. The summed E-state index contributed by atoms with van der Waals surface area (Å²) in [5, 5.41) is 11.5. The van der Waals surface area contributed by atoms with E-state index in [1.165, 1.54) is 11.5 Å². The second kappa shape index (κ2) is 3.76. The van der Waals surface area contributed by atoms with E-state index in [2.05, 4.69) is 11.4 Å². The SMILES string of the molecule is N#CCCNC1CSC1. The van der Waals surface area contributed by atoms with E-state index in [9.17, 15) is 0 Å². The van der Waals surface area contributed by atoms with Gasteiger partial charge in [-0.15, -0.1) is 0 Å². The quantitative estimate of drug-likeness (QED) is 0.586. The Morgan fingerprint density at radius 1 is 1.67 bits per heavy atom. The van der Waals surface area contributed by atoms with Crippen LogP contribution in [0.25, 0.3) is 0 Å². The zero-order chi connectivity index (χ0) is 6.53. The fraction of sp³-hybridized carbons (Fsp3) is 0.833. The van der Waals surface area contributed by atoms with Gasteiger partial charge < -0.3 is 5.32 Å². The van der Waals surface area contributed by atoms with E-state index in [-0.39, 0.29) is 0 Å². The highest BCUT2D eigenvalue weighted by Gasteiger charge is 2.15. The van der Waals surface area contributed by atoms with Gasteiger partial charge in [-0.3, -0.25) is 0 Å². The Morgan fingerprint density at radius 3 is 2.89 bits per heavy atom. The predicted octanol–water partition coefficient (Wildman–Crippen LogP) is 0.605. The molecule has 1 heterocycles. The molecule has 1 rings (SSSR count). The monoisotopic (exact) mass is 142 g/mol. The minimum absolute atomic E-state index is 0.640. The normalized spacial score (nSPS) is 18.6. The van der Waals surface area contributed by atoms with Gasteiger partial charge >= 0.3 is 0 Å². The first-order valence-electron chi connectivity index (χ1n) is 3.11. The molecular weight excluding hydrogens is 132 g/mol. The van der Waals surface area contributed by atoms with Crippen molar-refractivity contribution in [3.8, 4) is 6.07 Å². The molecule has 1 fully saturated rings. The molecule has 0 atom stereocenters. The summed E-state index contributed by atoms with van der Waals surface area (Å²) in [7, 11) is 0. The first-order valence-corrected chi connectivity index (χ1v) is 4.27. The topological polar surface area (TPSA) is 35.8 Å². The van der Waals surface area contributed by atoms with E-state index in [0.717, 1.165) is 6.54 Å². The highest BCUT2D eigenvalue weighted by molar-refractivity contribution is 8.00. The molecule has 0 spiro atoms. The van der Waals surface area contributed by atoms with Gasteiger partial charge in [0.05, 0.1) is 6.07 Å². The van der Waals surface area contributed by atoms with Crippen molar-refractivity contribution < 1.29 is 0 Å². The van der Waals surface area contributed by atoms with E-state index < -0.39 is 0 Å². The molecule has 0 bridgehead atoms. The van der Waals surface area contributed by atoms with Gasteiger partial charge in [-0.25, -0.2) is 0 Å². The van der Waals surface area contributed by atoms with Crippen LogP contribution in [0, 0.1) is 11.3 Å². The highest BCUT2D eigenvalue weighted by atomic mass is 32.2. The first-order chi connectivity index (χ1) is 4.43. The van der Waals surface area contributed by atoms with Crippen molar-refractivity contribution >= 4 is 11.8 Å². The first kappa shape index (κ1) is 6.91. The van der Waals surface area contributed by atoms with E-state index >= 15 is 0 Å². The van der Waals surface area contributed by atoms with Gasteiger partial charge in [-0.1, -0.05) is 0 Å². The van der Waals surface area contributed by atoms with Crippen LogP contribution in [0.2, 0.25) is 0 Å². The lowest BCUT2D eigenvalue weighted by Crippen LogP contribution is -2.40. The Bertz CT molecular complexity index is 115. The maximum Gasteiger partial charge on any atom is 0.0635 e. The zero-order valence-electron chi connectivity index (χ0n) is 5.26. The van der Waals surface area contributed by atoms with Crippen LogP contribution in [-0.4, -0.2) is 24.1 Å². The highest BCUT2D eigenvalue weighted by Crippen LogP contribution is 2.16. The molecule has 0 unspecified atom stereocenters. The van der Waals surface area contributed by atoms with Gasteiger partial charge in [-0.2, -0.15) is 17.0 Å². The molecule has 0 aliphatic carbocycles. The average Bonchev–Trinajstić information content (AvgIpc) is 1.76. The van der Waals surface area contributed by atoms with Crippen LogP contribution in [0.15, 0.2) is 0 Å². The van der Waals surface area contributed by atoms with Crippen LogP contribution in [0.5, 0.6) is 0 Å². The predicted molar refractivity (Wildman–Crippen MR) is 39.3 cm³/mol. The average molecular weight is 142 g/mol. The van der Waals surface area contributed by atoms with Crippen molar-refractivity contribution in [1.82, 2.24) is 5.32 Å². The third-order valence-corrected chi connectivity index (χ3v) is 2.58. The van der Waals surface area contributed by atoms with Crippen molar-refractivity contribution in [2.75, 3.05) is 18.1 Å². The minimum atomic E-state index is 0.640. The third kappa shape index (κ3) is 2.25. The molecule has 50 valence electrons. The van der Waals surface area contributed by atoms with Gasteiger partial charge in [0.2, 0.25) is 0 Å². The molecule has 2 nitrogen and oxygen atoms in total. The van der Waals surface area contributed by atoms with Gasteiger partial charge in [-0.05, 0) is 0 Å². The summed E-state index contributed by atoms with van der Waals surface area (Å²) in [5.74, 6) is 2.46. The second-order valence-corrected chi connectivity index (χ2v) is 3.17. The molecule has 1 saturated heterocycles. The van der Waals surface area contributed by atoms with Crippen LogP contribution >= 0.6 is 11.8 Å². The van der Waals surface area contributed by atoms with Crippen molar-refractivity contribution in [3.05, 3.63) is 0 Å². The number of nitrogens with one attached hydrogen (secondary N) is 1. The molecule has 1 aliphatic heterocycles. The molecule has 1 N–H and O–H groups in total. The lowest BCUT2D eigenvalue weighted by atomic mass is 10.3. The number of hydrogen-bond donors (Lipinski definition) is 1. The van der Waals surface area contributed by atoms with Crippen molar-refractivity contribution in [3.63, 3.8) is 0 Å². The van der Waals surface area contributed by atoms with E-state index in [4.69, 9.17) is 5.26 Å². The molecule has 0 aromatic carbocycles. The molecule has 0 radical (unpaired) electrons. The van der Waals surface area contributed by atoms with E-state index in [0.29, 0.717) is 12.5 Å². The standard InChI is InChI=1S/C6H10N2S/c7-2-1-3-8-6-4-9-5-6/h6,8H,1,3-5H2. The molecule has 0 saturated carbocycles.